The number of hydrogen-bond donors (Lipinski definition) is 0. The number of furan rings is 1. The lowest BCUT2D eigenvalue weighted by Gasteiger charge is -2.19. The molecule has 174 valence electrons. The first-order valence-corrected chi connectivity index (χ1v) is 12.4. The van der Waals surface area contributed by atoms with Crippen LogP contribution in [0, 0.1) is 0 Å². The summed E-state index contributed by atoms with van der Waals surface area (Å²) in [4.78, 5) is 5.26. The van der Waals surface area contributed by atoms with Gasteiger partial charge in [-0.3, -0.25) is 4.57 Å². The number of rotatable bonds is 2. The largest absolute Gasteiger partial charge is 0.456 e. The minimum absolute atomic E-state index is 0.0992. The van der Waals surface area contributed by atoms with E-state index in [9.17, 15) is 0 Å². The lowest BCUT2D eigenvalue weighted by Crippen LogP contribution is -2.11. The molecular formula is C33H26N2O. The van der Waals surface area contributed by atoms with Crippen molar-refractivity contribution in [2.45, 2.75) is 26.2 Å². The van der Waals surface area contributed by atoms with Crippen molar-refractivity contribution in [3.8, 4) is 17.1 Å². The van der Waals surface area contributed by atoms with E-state index in [1.807, 2.05) is 12.1 Å². The Morgan fingerprint density at radius 3 is 2.19 bits per heavy atom. The Balaban J connectivity index is 1.53. The van der Waals surface area contributed by atoms with Crippen LogP contribution in [0.1, 0.15) is 26.3 Å². The van der Waals surface area contributed by atoms with Gasteiger partial charge in [-0.1, -0.05) is 81.4 Å². The minimum Gasteiger partial charge on any atom is -0.456 e. The van der Waals surface area contributed by atoms with Crippen molar-refractivity contribution < 1.29 is 4.42 Å². The summed E-state index contributed by atoms with van der Waals surface area (Å²) >= 11 is 0. The fraction of sp³-hybridized carbons (Fsp3) is 0.121. The molecule has 0 aliphatic heterocycles. The Labute approximate surface area is 209 Å². The van der Waals surface area contributed by atoms with Gasteiger partial charge in [0.25, 0.3) is 0 Å². The summed E-state index contributed by atoms with van der Waals surface area (Å²) in [6.45, 7) is 6.74. The van der Waals surface area contributed by atoms with E-state index in [0.717, 1.165) is 55.4 Å². The monoisotopic (exact) mass is 466 g/mol. The Morgan fingerprint density at radius 1 is 0.667 bits per heavy atom. The van der Waals surface area contributed by atoms with Crippen molar-refractivity contribution in [2.75, 3.05) is 0 Å². The summed E-state index contributed by atoms with van der Waals surface area (Å²) in [5.41, 5.74) is 7.49. The maximum atomic E-state index is 6.09. The third-order valence-corrected chi connectivity index (χ3v) is 7.18. The van der Waals surface area contributed by atoms with E-state index < -0.39 is 0 Å². The van der Waals surface area contributed by atoms with Crippen LogP contribution in [0.2, 0.25) is 0 Å². The van der Waals surface area contributed by atoms with Gasteiger partial charge in [0.05, 0.1) is 11.0 Å². The van der Waals surface area contributed by atoms with Gasteiger partial charge in [0.1, 0.15) is 17.0 Å². The summed E-state index contributed by atoms with van der Waals surface area (Å²) in [6.07, 6.45) is 0. The van der Waals surface area contributed by atoms with Crippen molar-refractivity contribution >= 4 is 43.7 Å². The second kappa shape index (κ2) is 7.56. The Morgan fingerprint density at radius 2 is 1.39 bits per heavy atom. The fourth-order valence-electron chi connectivity index (χ4n) is 5.24. The molecular weight excluding hydrogens is 440 g/mol. The van der Waals surface area contributed by atoms with Crippen LogP contribution < -0.4 is 0 Å². The number of aromatic nitrogens is 2. The Bertz CT molecular complexity index is 1910. The fourth-order valence-corrected chi connectivity index (χ4v) is 5.24. The third-order valence-electron chi connectivity index (χ3n) is 7.18. The maximum absolute atomic E-state index is 6.09. The lowest BCUT2D eigenvalue weighted by atomic mass is 9.87. The molecule has 7 aromatic rings. The van der Waals surface area contributed by atoms with E-state index in [1.165, 1.54) is 10.9 Å². The molecule has 0 atom stereocenters. The molecule has 0 spiro atoms. The van der Waals surface area contributed by atoms with E-state index in [0.29, 0.717) is 0 Å². The van der Waals surface area contributed by atoms with Crippen molar-refractivity contribution in [3.63, 3.8) is 0 Å². The Hall–Kier alpha value is -4.37. The van der Waals surface area contributed by atoms with Crippen LogP contribution in [-0.2, 0) is 5.41 Å². The summed E-state index contributed by atoms with van der Waals surface area (Å²) < 4.78 is 8.38. The smallest absolute Gasteiger partial charge is 0.145 e. The highest BCUT2D eigenvalue weighted by Crippen LogP contribution is 2.36. The summed E-state index contributed by atoms with van der Waals surface area (Å²) in [6, 6.07) is 36.4. The summed E-state index contributed by atoms with van der Waals surface area (Å²) in [5.74, 6) is 0.928. The van der Waals surface area contributed by atoms with Crippen molar-refractivity contribution in [1.29, 1.82) is 0 Å². The van der Waals surface area contributed by atoms with Crippen LogP contribution in [0.15, 0.2) is 108 Å². The average Bonchev–Trinajstić information content (AvgIpc) is 3.47. The predicted molar refractivity (Wildman–Crippen MR) is 150 cm³/mol. The average molecular weight is 467 g/mol. The lowest BCUT2D eigenvalue weighted by molar-refractivity contribution is 0.590. The second-order valence-corrected chi connectivity index (χ2v) is 10.5. The normalized spacial score (nSPS) is 12.3. The van der Waals surface area contributed by atoms with Gasteiger partial charge in [0, 0.05) is 27.4 Å². The molecule has 0 fully saturated rings. The molecule has 7 rings (SSSR count). The molecule has 36 heavy (non-hydrogen) atoms. The van der Waals surface area contributed by atoms with Crippen molar-refractivity contribution in [2.24, 2.45) is 0 Å². The molecule has 0 radical (unpaired) electrons. The molecule has 0 saturated heterocycles. The van der Waals surface area contributed by atoms with Gasteiger partial charge >= 0.3 is 0 Å². The molecule has 2 aromatic heterocycles. The van der Waals surface area contributed by atoms with Crippen LogP contribution in [0.4, 0.5) is 0 Å². The highest BCUT2D eigenvalue weighted by atomic mass is 16.3. The molecule has 2 heterocycles. The van der Waals surface area contributed by atoms with Gasteiger partial charge < -0.3 is 4.42 Å². The molecule has 0 aliphatic rings. The zero-order chi connectivity index (χ0) is 24.4. The molecule has 0 unspecified atom stereocenters. The number of para-hydroxylation sites is 1. The Kier molecular flexibility index (Phi) is 4.40. The molecule has 5 aromatic carbocycles. The van der Waals surface area contributed by atoms with E-state index in [1.54, 1.807) is 0 Å². The molecule has 0 saturated carbocycles. The topological polar surface area (TPSA) is 31.0 Å². The first kappa shape index (κ1) is 21.0. The van der Waals surface area contributed by atoms with Gasteiger partial charge in [-0.2, -0.15) is 0 Å². The molecule has 3 heteroatoms. The van der Waals surface area contributed by atoms with E-state index in [4.69, 9.17) is 9.40 Å². The van der Waals surface area contributed by atoms with Gasteiger partial charge in [0.15, 0.2) is 0 Å². The zero-order valence-corrected chi connectivity index (χ0v) is 20.6. The van der Waals surface area contributed by atoms with Gasteiger partial charge in [-0.15, -0.1) is 0 Å². The highest BCUT2D eigenvalue weighted by molar-refractivity contribution is 6.08. The van der Waals surface area contributed by atoms with Gasteiger partial charge in [-0.05, 0) is 58.8 Å². The van der Waals surface area contributed by atoms with Crippen LogP contribution >= 0.6 is 0 Å². The summed E-state index contributed by atoms with van der Waals surface area (Å²) in [7, 11) is 0. The number of hydrogen-bond acceptors (Lipinski definition) is 2. The van der Waals surface area contributed by atoms with Gasteiger partial charge in [0.2, 0.25) is 0 Å². The van der Waals surface area contributed by atoms with E-state index >= 15 is 0 Å². The molecule has 0 aliphatic carbocycles. The number of benzene rings is 5. The van der Waals surface area contributed by atoms with Gasteiger partial charge in [-0.25, -0.2) is 4.98 Å². The van der Waals surface area contributed by atoms with E-state index in [2.05, 4.69) is 116 Å². The zero-order valence-electron chi connectivity index (χ0n) is 20.6. The van der Waals surface area contributed by atoms with E-state index in [-0.39, 0.29) is 5.41 Å². The van der Waals surface area contributed by atoms with Crippen molar-refractivity contribution in [3.05, 3.63) is 109 Å². The molecule has 3 nitrogen and oxygen atoms in total. The standard InChI is InChI=1S/C33H26N2O/c1-33(2,3)23-14-16-24(17-15-23)35-28-18-12-21-8-4-5-9-25(21)31(28)34-32(35)22-13-19-30-27(20-22)26-10-6-7-11-29(26)36-30/h4-20H,1-3H3. The number of fused-ring (bicyclic) bond motifs is 6. The molecule has 0 amide bonds. The van der Waals surface area contributed by atoms with Crippen LogP contribution in [0.3, 0.4) is 0 Å². The SMILES string of the molecule is CC(C)(C)c1ccc(-n2c(-c3ccc4oc5ccccc5c4c3)nc3c4ccccc4ccc32)cc1. The maximum Gasteiger partial charge on any atom is 0.145 e. The minimum atomic E-state index is 0.0992. The number of imidazole rings is 1. The second-order valence-electron chi connectivity index (χ2n) is 10.5. The van der Waals surface area contributed by atoms with Crippen LogP contribution in [-0.4, -0.2) is 9.55 Å². The first-order valence-electron chi connectivity index (χ1n) is 12.4. The molecule has 0 bridgehead atoms. The third kappa shape index (κ3) is 3.16. The number of nitrogens with zero attached hydrogens (tertiary/aromatic N) is 2. The first-order chi connectivity index (χ1) is 17.5. The highest BCUT2D eigenvalue weighted by Gasteiger charge is 2.19. The van der Waals surface area contributed by atoms with Crippen LogP contribution in [0.5, 0.6) is 0 Å². The molecule has 0 N–H and O–H groups in total. The quantitative estimate of drug-likeness (QED) is 0.254. The predicted octanol–water partition coefficient (Wildman–Crippen LogP) is 9.04. The van der Waals surface area contributed by atoms with Crippen molar-refractivity contribution in [1.82, 2.24) is 9.55 Å². The van der Waals surface area contributed by atoms with Crippen LogP contribution in [0.25, 0.3) is 60.8 Å². The summed E-state index contributed by atoms with van der Waals surface area (Å²) in [5, 5.41) is 4.59.